The van der Waals surface area contributed by atoms with Crippen LogP contribution in [0.15, 0.2) is 16.9 Å². The van der Waals surface area contributed by atoms with Crippen molar-refractivity contribution in [2.24, 2.45) is 7.05 Å². The third-order valence-electron chi connectivity index (χ3n) is 5.23. The molecule has 1 amide bonds. The van der Waals surface area contributed by atoms with Crippen LogP contribution < -0.4 is 0 Å². The van der Waals surface area contributed by atoms with E-state index in [0.717, 1.165) is 55.3 Å². The van der Waals surface area contributed by atoms with Crippen molar-refractivity contribution >= 4 is 11.9 Å². The van der Waals surface area contributed by atoms with E-state index in [4.69, 9.17) is 14.4 Å². The van der Waals surface area contributed by atoms with Crippen LogP contribution in [0, 0.1) is 6.92 Å². The lowest BCUT2D eigenvalue weighted by Crippen LogP contribution is -2.42. The van der Waals surface area contributed by atoms with Crippen LogP contribution >= 0.6 is 0 Å². The maximum atomic E-state index is 13.0. The van der Waals surface area contributed by atoms with Crippen molar-refractivity contribution in [2.75, 3.05) is 19.6 Å². The van der Waals surface area contributed by atoms with Crippen LogP contribution in [0.4, 0.5) is 13.2 Å². The van der Waals surface area contributed by atoms with Gasteiger partial charge in [-0.2, -0.15) is 13.2 Å². The summed E-state index contributed by atoms with van der Waals surface area (Å²) < 4.78 is 38.9. The molecule has 9 nitrogen and oxygen atoms in total. The van der Waals surface area contributed by atoms with E-state index in [1.165, 1.54) is 0 Å². The Balaban J connectivity index is 0.000000339. The Morgan fingerprint density at radius 3 is 2.48 bits per heavy atom. The fourth-order valence-electron chi connectivity index (χ4n) is 3.87. The van der Waals surface area contributed by atoms with Crippen molar-refractivity contribution in [3.05, 3.63) is 35.2 Å². The fraction of sp³-hybridized carbons (Fsp3) is 0.579. The first-order valence-corrected chi connectivity index (χ1v) is 9.79. The van der Waals surface area contributed by atoms with Crippen molar-refractivity contribution in [2.45, 2.75) is 44.9 Å². The summed E-state index contributed by atoms with van der Waals surface area (Å²) in [5.74, 6) is -1.86. The molecule has 1 fully saturated rings. The zero-order valence-corrected chi connectivity index (χ0v) is 17.2. The number of aromatic nitrogens is 3. The number of aryl methyl sites for hydroxylation is 2. The Hall–Kier alpha value is -2.89. The summed E-state index contributed by atoms with van der Waals surface area (Å²) in [6, 6.07) is 1.95. The molecule has 0 radical (unpaired) electrons. The van der Waals surface area contributed by atoms with Crippen LogP contribution in [0.25, 0.3) is 0 Å². The largest absolute Gasteiger partial charge is 0.490 e. The Kier molecular flexibility index (Phi) is 6.68. The average molecular weight is 443 g/mol. The van der Waals surface area contributed by atoms with Crippen LogP contribution in [0.1, 0.15) is 41.6 Å². The second kappa shape index (κ2) is 9.08. The van der Waals surface area contributed by atoms with Crippen molar-refractivity contribution in [3.8, 4) is 0 Å². The molecule has 1 saturated heterocycles. The van der Waals surface area contributed by atoms with E-state index in [1.54, 1.807) is 0 Å². The molecule has 2 aliphatic rings. The molecule has 2 aromatic heterocycles. The van der Waals surface area contributed by atoms with Gasteiger partial charge in [-0.3, -0.25) is 9.69 Å². The third-order valence-corrected chi connectivity index (χ3v) is 5.23. The minimum Gasteiger partial charge on any atom is -0.475 e. The predicted molar refractivity (Wildman–Crippen MR) is 101 cm³/mol. The highest BCUT2D eigenvalue weighted by Crippen LogP contribution is 2.30. The van der Waals surface area contributed by atoms with Gasteiger partial charge in [-0.1, -0.05) is 5.16 Å². The van der Waals surface area contributed by atoms with E-state index in [0.29, 0.717) is 13.1 Å². The van der Waals surface area contributed by atoms with Crippen molar-refractivity contribution in [1.29, 1.82) is 0 Å². The van der Waals surface area contributed by atoms with Crippen molar-refractivity contribution in [1.82, 2.24) is 24.5 Å². The molecule has 31 heavy (non-hydrogen) atoms. The van der Waals surface area contributed by atoms with Crippen LogP contribution in [0.2, 0.25) is 0 Å². The van der Waals surface area contributed by atoms with Gasteiger partial charge in [-0.25, -0.2) is 9.78 Å². The molecule has 12 heteroatoms. The molecule has 2 aromatic rings. The van der Waals surface area contributed by atoms with E-state index >= 15 is 0 Å². The van der Waals surface area contributed by atoms with Crippen molar-refractivity contribution in [3.63, 3.8) is 0 Å². The number of halogens is 3. The second-order valence-corrected chi connectivity index (χ2v) is 7.67. The number of carbonyl (C=O) groups excluding carboxylic acids is 1. The number of carboxylic acid groups (broad SMARTS) is 1. The fourth-order valence-corrected chi connectivity index (χ4v) is 3.87. The number of fused-ring (bicyclic) bond motifs is 1. The number of alkyl halides is 3. The van der Waals surface area contributed by atoms with Crippen LogP contribution in [-0.4, -0.2) is 67.3 Å². The van der Waals surface area contributed by atoms with Gasteiger partial charge in [0, 0.05) is 45.8 Å². The minimum atomic E-state index is -5.08. The number of imidazole rings is 1. The summed E-state index contributed by atoms with van der Waals surface area (Å²) in [5, 5.41) is 11.2. The molecule has 0 aromatic carbocycles. The van der Waals surface area contributed by atoms with Gasteiger partial charge in [0.05, 0.1) is 29.3 Å². The SMILES string of the molecule is Cc1cc(CN2Cc3ncn(C)c3C(C(=O)N3CCCC3)C2)no1.O=C(O)C(F)(F)F. The number of rotatable bonds is 3. The number of carboxylic acids is 1. The number of hydrogen-bond donors (Lipinski definition) is 1. The molecule has 1 unspecified atom stereocenters. The third kappa shape index (κ3) is 5.43. The average Bonchev–Trinajstić information content (AvgIpc) is 3.43. The smallest absolute Gasteiger partial charge is 0.475 e. The summed E-state index contributed by atoms with van der Waals surface area (Å²) in [6.45, 7) is 5.77. The molecule has 4 rings (SSSR count). The maximum absolute atomic E-state index is 13.0. The van der Waals surface area contributed by atoms with Crippen LogP contribution in [0.3, 0.4) is 0 Å². The molecule has 0 spiro atoms. The lowest BCUT2D eigenvalue weighted by molar-refractivity contribution is -0.192. The molecule has 0 aliphatic carbocycles. The molecule has 170 valence electrons. The van der Waals surface area contributed by atoms with E-state index < -0.39 is 12.1 Å². The van der Waals surface area contributed by atoms with Gasteiger partial charge < -0.3 is 19.1 Å². The quantitative estimate of drug-likeness (QED) is 0.774. The van der Waals surface area contributed by atoms with Gasteiger partial charge in [0.25, 0.3) is 0 Å². The minimum absolute atomic E-state index is 0.146. The highest BCUT2D eigenvalue weighted by Gasteiger charge is 2.38. The zero-order valence-electron chi connectivity index (χ0n) is 17.2. The van der Waals surface area contributed by atoms with Gasteiger partial charge in [0.2, 0.25) is 5.91 Å². The van der Waals surface area contributed by atoms with Gasteiger partial charge in [0.1, 0.15) is 5.76 Å². The zero-order chi connectivity index (χ0) is 22.8. The Morgan fingerprint density at radius 1 is 1.29 bits per heavy atom. The first kappa shape index (κ1) is 22.8. The maximum Gasteiger partial charge on any atom is 0.490 e. The normalized spacial score (nSPS) is 19.0. The Morgan fingerprint density at radius 2 is 1.94 bits per heavy atom. The number of carbonyl (C=O) groups is 2. The lowest BCUT2D eigenvalue weighted by atomic mass is 9.96. The molecule has 4 heterocycles. The Labute approximate surface area is 176 Å². The van der Waals surface area contributed by atoms with E-state index in [9.17, 15) is 18.0 Å². The summed E-state index contributed by atoms with van der Waals surface area (Å²) in [6.07, 6.45) is -1.05. The summed E-state index contributed by atoms with van der Waals surface area (Å²) in [7, 11) is 1.98. The summed E-state index contributed by atoms with van der Waals surface area (Å²) in [4.78, 5) is 30.7. The molecular formula is C19H24F3N5O4. The molecule has 2 aliphatic heterocycles. The summed E-state index contributed by atoms with van der Waals surface area (Å²) in [5.41, 5.74) is 2.97. The van der Waals surface area contributed by atoms with Gasteiger partial charge in [-0.15, -0.1) is 0 Å². The second-order valence-electron chi connectivity index (χ2n) is 7.67. The van der Waals surface area contributed by atoms with E-state index in [1.807, 2.05) is 35.8 Å². The number of nitrogens with zero attached hydrogens (tertiary/aromatic N) is 5. The number of hydrogen-bond acceptors (Lipinski definition) is 6. The predicted octanol–water partition coefficient (Wildman–Crippen LogP) is 2.07. The molecule has 0 bridgehead atoms. The first-order chi connectivity index (χ1) is 14.6. The molecule has 1 atom stereocenters. The standard InChI is InChI=1S/C17H23N5O2.C2HF3O2/c1-12-7-13(19-24-12)8-21-9-14(17(23)22-5-3-4-6-22)16-15(10-21)18-11-20(16)2;3-2(4,5)1(6)7/h7,11,14H,3-6,8-10H2,1-2H3;(H,6,7). The van der Waals surface area contributed by atoms with E-state index in [-0.39, 0.29) is 11.8 Å². The first-order valence-electron chi connectivity index (χ1n) is 9.79. The summed E-state index contributed by atoms with van der Waals surface area (Å²) >= 11 is 0. The topological polar surface area (TPSA) is 105 Å². The molecular weight excluding hydrogens is 419 g/mol. The highest BCUT2D eigenvalue weighted by atomic mass is 19.4. The van der Waals surface area contributed by atoms with Crippen molar-refractivity contribution < 1.29 is 32.4 Å². The monoisotopic (exact) mass is 443 g/mol. The van der Waals surface area contributed by atoms with Crippen LogP contribution in [0.5, 0.6) is 0 Å². The van der Waals surface area contributed by atoms with E-state index in [2.05, 4.69) is 15.0 Å². The number of likely N-dealkylation sites (tertiary alicyclic amines) is 1. The molecule has 1 N–H and O–H groups in total. The lowest BCUT2D eigenvalue weighted by Gasteiger charge is -2.33. The van der Waals surface area contributed by atoms with Gasteiger partial charge in [-0.05, 0) is 19.8 Å². The van der Waals surface area contributed by atoms with Gasteiger partial charge >= 0.3 is 12.1 Å². The van der Waals surface area contributed by atoms with Gasteiger partial charge in [0.15, 0.2) is 0 Å². The molecule has 0 saturated carbocycles. The number of amides is 1. The van der Waals surface area contributed by atoms with Crippen LogP contribution in [-0.2, 0) is 29.7 Å². The Bertz CT molecular complexity index is 933. The highest BCUT2D eigenvalue weighted by molar-refractivity contribution is 5.84. The number of aliphatic carboxylic acids is 1.